The van der Waals surface area contributed by atoms with Gasteiger partial charge in [0.15, 0.2) is 0 Å². The molecule has 0 aliphatic heterocycles. The van der Waals surface area contributed by atoms with Gasteiger partial charge in [-0.25, -0.2) is 0 Å². The van der Waals surface area contributed by atoms with E-state index in [0.29, 0.717) is 5.56 Å². The van der Waals surface area contributed by atoms with Crippen molar-refractivity contribution < 1.29 is 5.11 Å². The molecule has 0 amide bonds. The Balaban J connectivity index is 2.52. The average molecular weight is 293 g/mol. The van der Waals surface area contributed by atoms with Gasteiger partial charge in [-0.2, -0.15) is 0 Å². The molecule has 1 aromatic heterocycles. The molecule has 0 aliphatic carbocycles. The number of H-pyrrole nitrogens is 1. The summed E-state index contributed by atoms with van der Waals surface area (Å²) in [7, 11) is 0. The van der Waals surface area contributed by atoms with E-state index >= 15 is 0 Å². The monoisotopic (exact) mass is 293 g/mol. The summed E-state index contributed by atoms with van der Waals surface area (Å²) in [5, 5.41) is 11.4. The van der Waals surface area contributed by atoms with Crippen molar-refractivity contribution in [3.05, 3.63) is 70.0 Å². The van der Waals surface area contributed by atoms with Gasteiger partial charge in [0.25, 0.3) is 5.56 Å². The van der Waals surface area contributed by atoms with E-state index in [1.54, 1.807) is 13.8 Å². The average Bonchev–Trinajstić information content (AvgIpc) is 2.45. The minimum Gasteiger partial charge on any atom is -0.386 e. The summed E-state index contributed by atoms with van der Waals surface area (Å²) in [6, 6.07) is 15.7. The van der Waals surface area contributed by atoms with E-state index in [1.165, 1.54) is 0 Å². The van der Waals surface area contributed by atoms with Crippen molar-refractivity contribution in [3.63, 3.8) is 0 Å². The van der Waals surface area contributed by atoms with Crippen molar-refractivity contribution in [3.8, 4) is 11.1 Å². The topological polar surface area (TPSA) is 53.1 Å². The fraction of sp³-hybridized carbons (Fsp3) is 0.211. The van der Waals surface area contributed by atoms with Gasteiger partial charge in [-0.05, 0) is 38.0 Å². The Bertz CT molecular complexity index is 887. The molecule has 3 aromatic rings. The summed E-state index contributed by atoms with van der Waals surface area (Å²) < 4.78 is 0. The maximum absolute atomic E-state index is 12.6. The van der Waals surface area contributed by atoms with Crippen LogP contribution in [-0.2, 0) is 5.60 Å². The van der Waals surface area contributed by atoms with Crippen LogP contribution in [0.3, 0.4) is 0 Å². The third kappa shape index (κ3) is 2.44. The zero-order chi connectivity index (χ0) is 15.9. The van der Waals surface area contributed by atoms with Crippen molar-refractivity contribution in [1.82, 2.24) is 4.98 Å². The number of hydrogen-bond donors (Lipinski definition) is 2. The Morgan fingerprint density at radius 2 is 1.73 bits per heavy atom. The number of aliphatic hydroxyl groups is 1. The summed E-state index contributed by atoms with van der Waals surface area (Å²) >= 11 is 0. The standard InChI is InChI=1S/C19H19NO2/c1-12-9-10-14-15(11-12)20-18(21)17(19(2,3)22)16(14)13-7-5-4-6-8-13/h4-11,22H,1-3H3,(H,20,21). The van der Waals surface area contributed by atoms with Crippen LogP contribution in [0.1, 0.15) is 25.0 Å². The molecular formula is C19H19NO2. The predicted octanol–water partition coefficient (Wildman–Crippen LogP) is 3.73. The van der Waals surface area contributed by atoms with Gasteiger partial charge in [-0.3, -0.25) is 4.79 Å². The molecule has 22 heavy (non-hydrogen) atoms. The van der Waals surface area contributed by atoms with Gasteiger partial charge in [0.2, 0.25) is 0 Å². The molecule has 0 saturated heterocycles. The molecule has 0 spiro atoms. The number of hydrogen-bond acceptors (Lipinski definition) is 2. The van der Waals surface area contributed by atoms with Crippen LogP contribution < -0.4 is 5.56 Å². The van der Waals surface area contributed by atoms with Crippen LogP contribution in [0.5, 0.6) is 0 Å². The summed E-state index contributed by atoms with van der Waals surface area (Å²) in [6.07, 6.45) is 0. The molecule has 0 radical (unpaired) electrons. The first-order valence-corrected chi connectivity index (χ1v) is 7.33. The highest BCUT2D eigenvalue weighted by atomic mass is 16.3. The van der Waals surface area contributed by atoms with Crippen LogP contribution in [0.4, 0.5) is 0 Å². The molecule has 0 fully saturated rings. The van der Waals surface area contributed by atoms with Crippen LogP contribution >= 0.6 is 0 Å². The molecule has 0 saturated carbocycles. The molecule has 2 N–H and O–H groups in total. The smallest absolute Gasteiger partial charge is 0.255 e. The molecule has 3 rings (SSSR count). The van der Waals surface area contributed by atoms with Crippen LogP contribution in [0, 0.1) is 6.92 Å². The van der Waals surface area contributed by atoms with E-state index in [0.717, 1.165) is 27.6 Å². The van der Waals surface area contributed by atoms with Gasteiger partial charge >= 0.3 is 0 Å². The number of rotatable bonds is 2. The normalized spacial score (nSPS) is 11.8. The number of benzene rings is 2. The fourth-order valence-electron chi connectivity index (χ4n) is 2.90. The number of nitrogens with one attached hydrogen (secondary N) is 1. The number of fused-ring (bicyclic) bond motifs is 1. The Hall–Kier alpha value is -2.39. The summed E-state index contributed by atoms with van der Waals surface area (Å²) in [5.74, 6) is 0. The molecule has 3 nitrogen and oxygen atoms in total. The lowest BCUT2D eigenvalue weighted by Crippen LogP contribution is -2.28. The second-order valence-electron chi connectivity index (χ2n) is 6.18. The summed E-state index contributed by atoms with van der Waals surface area (Å²) in [5.41, 5.74) is 2.53. The highest BCUT2D eigenvalue weighted by molar-refractivity contribution is 5.96. The number of aromatic nitrogens is 1. The first-order valence-electron chi connectivity index (χ1n) is 7.33. The van der Waals surface area contributed by atoms with Gasteiger partial charge < -0.3 is 10.1 Å². The van der Waals surface area contributed by atoms with E-state index < -0.39 is 5.60 Å². The molecule has 0 aliphatic rings. The highest BCUT2D eigenvalue weighted by Crippen LogP contribution is 2.34. The van der Waals surface area contributed by atoms with Gasteiger partial charge in [0.1, 0.15) is 0 Å². The second kappa shape index (κ2) is 5.11. The van der Waals surface area contributed by atoms with E-state index in [2.05, 4.69) is 4.98 Å². The van der Waals surface area contributed by atoms with Crippen molar-refractivity contribution >= 4 is 10.9 Å². The highest BCUT2D eigenvalue weighted by Gasteiger charge is 2.26. The molecular weight excluding hydrogens is 274 g/mol. The minimum absolute atomic E-state index is 0.246. The Morgan fingerprint density at radius 3 is 2.36 bits per heavy atom. The zero-order valence-corrected chi connectivity index (χ0v) is 13.0. The van der Waals surface area contributed by atoms with Crippen LogP contribution in [0.25, 0.3) is 22.0 Å². The SMILES string of the molecule is Cc1ccc2c(-c3ccccc3)c(C(C)(C)O)c(=O)[nH]c2c1. The Kier molecular flexibility index (Phi) is 3.38. The molecule has 0 atom stereocenters. The van der Waals surface area contributed by atoms with Gasteiger partial charge in [0, 0.05) is 16.5 Å². The third-order valence-corrected chi connectivity index (χ3v) is 3.84. The molecule has 2 aromatic carbocycles. The fourth-order valence-corrected chi connectivity index (χ4v) is 2.90. The third-order valence-electron chi connectivity index (χ3n) is 3.84. The Labute approximate surface area is 129 Å². The zero-order valence-electron chi connectivity index (χ0n) is 13.0. The van der Waals surface area contributed by atoms with Gasteiger partial charge in [0.05, 0.1) is 11.2 Å². The molecule has 1 heterocycles. The lowest BCUT2D eigenvalue weighted by atomic mass is 9.88. The van der Waals surface area contributed by atoms with Crippen molar-refractivity contribution in [2.24, 2.45) is 0 Å². The van der Waals surface area contributed by atoms with Gasteiger partial charge in [-0.15, -0.1) is 0 Å². The maximum Gasteiger partial charge on any atom is 0.255 e. The number of aryl methyl sites for hydroxylation is 1. The molecule has 3 heteroatoms. The van der Waals surface area contributed by atoms with E-state index in [-0.39, 0.29) is 5.56 Å². The lowest BCUT2D eigenvalue weighted by molar-refractivity contribution is 0.0778. The number of aromatic amines is 1. The molecule has 0 bridgehead atoms. The van der Waals surface area contributed by atoms with Crippen molar-refractivity contribution in [2.45, 2.75) is 26.4 Å². The second-order valence-corrected chi connectivity index (χ2v) is 6.18. The van der Waals surface area contributed by atoms with E-state index in [9.17, 15) is 9.90 Å². The lowest BCUT2D eigenvalue weighted by Gasteiger charge is -2.22. The van der Waals surface area contributed by atoms with Gasteiger partial charge in [-0.1, -0.05) is 42.5 Å². The molecule has 0 unspecified atom stereocenters. The minimum atomic E-state index is -1.22. The van der Waals surface area contributed by atoms with E-state index in [1.807, 2.05) is 55.5 Å². The van der Waals surface area contributed by atoms with Crippen molar-refractivity contribution in [1.29, 1.82) is 0 Å². The van der Waals surface area contributed by atoms with Crippen molar-refractivity contribution in [2.75, 3.05) is 0 Å². The first kappa shape index (κ1) is 14.5. The number of pyridine rings is 1. The largest absolute Gasteiger partial charge is 0.386 e. The summed E-state index contributed by atoms with van der Waals surface area (Å²) in [4.78, 5) is 15.5. The summed E-state index contributed by atoms with van der Waals surface area (Å²) in [6.45, 7) is 5.28. The predicted molar refractivity (Wildman–Crippen MR) is 90.0 cm³/mol. The quantitative estimate of drug-likeness (QED) is 0.756. The molecule has 112 valence electrons. The Morgan fingerprint density at radius 1 is 1.05 bits per heavy atom. The van der Waals surface area contributed by atoms with Crippen LogP contribution in [-0.4, -0.2) is 10.1 Å². The first-order chi connectivity index (χ1) is 10.4. The maximum atomic E-state index is 12.6. The van der Waals surface area contributed by atoms with Crippen LogP contribution in [0.15, 0.2) is 53.3 Å². The van der Waals surface area contributed by atoms with E-state index in [4.69, 9.17) is 0 Å². The van der Waals surface area contributed by atoms with Crippen LogP contribution in [0.2, 0.25) is 0 Å².